The van der Waals surface area contributed by atoms with Crippen LogP contribution in [-0.2, 0) is 6.54 Å². The Bertz CT molecular complexity index is 1260. The molecule has 0 radical (unpaired) electrons. The SMILES string of the molecule is CCn1c2ccccc2c2cc(NC(=O)c3ccc(OC)c([N+](=O)[O-])c3)ccc21. The average Bonchev–Trinajstić information content (AvgIpc) is 3.06. The number of anilines is 1. The number of carbonyl (C=O) groups is 1. The largest absolute Gasteiger partial charge is 0.490 e. The summed E-state index contributed by atoms with van der Waals surface area (Å²) in [5.41, 5.74) is 2.79. The first kappa shape index (κ1) is 18.5. The summed E-state index contributed by atoms with van der Waals surface area (Å²) in [7, 11) is 1.35. The second-order valence-corrected chi connectivity index (χ2v) is 6.59. The zero-order valence-corrected chi connectivity index (χ0v) is 16.0. The number of para-hydroxylation sites is 1. The van der Waals surface area contributed by atoms with Crippen molar-refractivity contribution in [1.82, 2.24) is 4.57 Å². The predicted molar refractivity (Wildman–Crippen MR) is 113 cm³/mol. The highest BCUT2D eigenvalue weighted by Crippen LogP contribution is 2.32. The Morgan fingerprint density at radius 3 is 2.55 bits per heavy atom. The van der Waals surface area contributed by atoms with Crippen molar-refractivity contribution in [2.24, 2.45) is 0 Å². The maximum Gasteiger partial charge on any atom is 0.311 e. The minimum Gasteiger partial charge on any atom is -0.490 e. The topological polar surface area (TPSA) is 86.4 Å². The van der Waals surface area contributed by atoms with Crippen LogP contribution in [0.4, 0.5) is 11.4 Å². The van der Waals surface area contributed by atoms with Crippen molar-refractivity contribution in [2.45, 2.75) is 13.5 Å². The van der Waals surface area contributed by atoms with Gasteiger partial charge in [-0.3, -0.25) is 14.9 Å². The number of carbonyl (C=O) groups excluding carboxylic acids is 1. The number of benzene rings is 3. The molecule has 146 valence electrons. The molecule has 4 aromatic rings. The summed E-state index contributed by atoms with van der Waals surface area (Å²) >= 11 is 0. The molecular formula is C22H19N3O4. The van der Waals surface area contributed by atoms with Crippen LogP contribution in [0.5, 0.6) is 5.75 Å². The Hall–Kier alpha value is -3.87. The second-order valence-electron chi connectivity index (χ2n) is 6.59. The van der Waals surface area contributed by atoms with E-state index in [1.165, 1.54) is 25.3 Å². The molecule has 0 aliphatic heterocycles. The molecule has 0 aliphatic rings. The molecule has 1 aromatic heterocycles. The number of nitrogens with zero attached hydrogens (tertiary/aromatic N) is 2. The van der Waals surface area contributed by atoms with Crippen LogP contribution >= 0.6 is 0 Å². The lowest BCUT2D eigenvalue weighted by Gasteiger charge is -2.08. The fraction of sp³-hybridized carbons (Fsp3) is 0.136. The van der Waals surface area contributed by atoms with Crippen molar-refractivity contribution in [3.05, 3.63) is 76.3 Å². The van der Waals surface area contributed by atoms with Gasteiger partial charge in [0.05, 0.1) is 12.0 Å². The van der Waals surface area contributed by atoms with Crippen molar-refractivity contribution in [3.63, 3.8) is 0 Å². The highest BCUT2D eigenvalue weighted by atomic mass is 16.6. The third kappa shape index (κ3) is 3.16. The van der Waals surface area contributed by atoms with Gasteiger partial charge in [0.2, 0.25) is 0 Å². The van der Waals surface area contributed by atoms with E-state index in [0.717, 1.165) is 28.4 Å². The molecule has 4 rings (SSSR count). The monoisotopic (exact) mass is 389 g/mol. The third-order valence-electron chi connectivity index (χ3n) is 4.98. The number of hydrogen-bond acceptors (Lipinski definition) is 4. The second kappa shape index (κ2) is 7.27. The van der Waals surface area contributed by atoms with Gasteiger partial charge >= 0.3 is 5.69 Å². The van der Waals surface area contributed by atoms with Crippen LogP contribution in [-0.4, -0.2) is 22.5 Å². The van der Waals surface area contributed by atoms with Gasteiger partial charge in [-0.1, -0.05) is 18.2 Å². The maximum atomic E-state index is 12.7. The van der Waals surface area contributed by atoms with E-state index in [1.807, 2.05) is 30.3 Å². The van der Waals surface area contributed by atoms with Gasteiger partial charge in [-0.25, -0.2) is 0 Å². The van der Waals surface area contributed by atoms with Crippen LogP contribution in [0.2, 0.25) is 0 Å². The molecule has 29 heavy (non-hydrogen) atoms. The van der Waals surface area contributed by atoms with E-state index in [1.54, 1.807) is 0 Å². The third-order valence-corrected chi connectivity index (χ3v) is 4.98. The Kier molecular flexibility index (Phi) is 4.64. The van der Waals surface area contributed by atoms with Gasteiger partial charge in [0.1, 0.15) is 0 Å². The first-order valence-corrected chi connectivity index (χ1v) is 9.18. The fourth-order valence-corrected chi connectivity index (χ4v) is 3.65. The summed E-state index contributed by atoms with van der Waals surface area (Å²) in [6.07, 6.45) is 0. The highest BCUT2D eigenvalue weighted by molar-refractivity contribution is 6.11. The first-order valence-electron chi connectivity index (χ1n) is 9.18. The molecule has 0 saturated carbocycles. The number of hydrogen-bond donors (Lipinski definition) is 1. The van der Waals surface area contributed by atoms with E-state index in [-0.39, 0.29) is 17.0 Å². The number of nitro groups is 1. The van der Waals surface area contributed by atoms with E-state index >= 15 is 0 Å². The zero-order chi connectivity index (χ0) is 20.5. The lowest BCUT2D eigenvalue weighted by molar-refractivity contribution is -0.385. The van der Waals surface area contributed by atoms with Gasteiger partial charge in [0, 0.05) is 45.7 Å². The summed E-state index contributed by atoms with van der Waals surface area (Å²) < 4.78 is 7.21. The number of nitro benzene ring substituents is 1. The number of aromatic nitrogens is 1. The molecule has 3 aromatic carbocycles. The van der Waals surface area contributed by atoms with Gasteiger partial charge in [-0.2, -0.15) is 0 Å². The molecule has 1 N–H and O–H groups in total. The predicted octanol–water partition coefficient (Wildman–Crippen LogP) is 4.98. The number of amides is 1. The van der Waals surface area contributed by atoms with E-state index in [0.29, 0.717) is 5.69 Å². The zero-order valence-electron chi connectivity index (χ0n) is 16.0. The van der Waals surface area contributed by atoms with Crippen LogP contribution in [0.1, 0.15) is 17.3 Å². The van der Waals surface area contributed by atoms with Crippen molar-refractivity contribution in [2.75, 3.05) is 12.4 Å². The molecule has 7 nitrogen and oxygen atoms in total. The Balaban J connectivity index is 1.71. The fourth-order valence-electron chi connectivity index (χ4n) is 3.65. The number of fused-ring (bicyclic) bond motifs is 3. The van der Waals surface area contributed by atoms with Crippen LogP contribution in [0.3, 0.4) is 0 Å². The van der Waals surface area contributed by atoms with Gasteiger partial charge in [0.25, 0.3) is 5.91 Å². The summed E-state index contributed by atoms with van der Waals surface area (Å²) in [5, 5.41) is 16.2. The molecule has 1 amide bonds. The lowest BCUT2D eigenvalue weighted by Crippen LogP contribution is -2.12. The van der Waals surface area contributed by atoms with E-state index < -0.39 is 10.8 Å². The van der Waals surface area contributed by atoms with E-state index in [2.05, 4.69) is 28.9 Å². The number of ether oxygens (including phenoxy) is 1. The standard InChI is InChI=1S/C22H19N3O4/c1-3-24-18-7-5-4-6-16(18)17-13-15(9-10-19(17)24)23-22(26)14-8-11-21(29-2)20(12-14)25(27)28/h4-13H,3H2,1-2H3,(H,23,26). The van der Waals surface area contributed by atoms with Crippen molar-refractivity contribution < 1.29 is 14.5 Å². The number of aryl methyl sites for hydroxylation is 1. The highest BCUT2D eigenvalue weighted by Gasteiger charge is 2.18. The summed E-state index contributed by atoms with van der Waals surface area (Å²) in [4.78, 5) is 23.3. The number of methoxy groups -OCH3 is 1. The molecule has 1 heterocycles. The molecule has 0 saturated heterocycles. The van der Waals surface area contributed by atoms with Gasteiger partial charge < -0.3 is 14.6 Å². The summed E-state index contributed by atoms with van der Waals surface area (Å²) in [5.74, 6) is -0.310. The normalized spacial score (nSPS) is 11.0. The molecular weight excluding hydrogens is 370 g/mol. The lowest BCUT2D eigenvalue weighted by atomic mass is 10.1. The smallest absolute Gasteiger partial charge is 0.311 e. The molecule has 0 fully saturated rings. The number of rotatable bonds is 5. The van der Waals surface area contributed by atoms with Crippen LogP contribution in [0, 0.1) is 10.1 Å². The molecule has 0 bridgehead atoms. The Morgan fingerprint density at radius 1 is 1.07 bits per heavy atom. The van der Waals surface area contributed by atoms with E-state index in [4.69, 9.17) is 4.74 Å². The van der Waals surface area contributed by atoms with Crippen LogP contribution in [0.25, 0.3) is 21.8 Å². The van der Waals surface area contributed by atoms with Gasteiger partial charge in [-0.15, -0.1) is 0 Å². The molecule has 0 atom stereocenters. The molecule has 7 heteroatoms. The Labute approximate surface area is 166 Å². The average molecular weight is 389 g/mol. The van der Waals surface area contributed by atoms with E-state index in [9.17, 15) is 14.9 Å². The molecule has 0 unspecified atom stereocenters. The number of nitrogens with one attached hydrogen (secondary N) is 1. The van der Waals surface area contributed by atoms with Gasteiger partial charge in [0.15, 0.2) is 5.75 Å². The first-order chi connectivity index (χ1) is 14.0. The van der Waals surface area contributed by atoms with Crippen molar-refractivity contribution >= 4 is 39.1 Å². The van der Waals surface area contributed by atoms with Crippen molar-refractivity contribution in [1.29, 1.82) is 0 Å². The summed E-state index contributed by atoms with van der Waals surface area (Å²) in [6.45, 7) is 2.93. The van der Waals surface area contributed by atoms with Crippen molar-refractivity contribution in [3.8, 4) is 5.75 Å². The Morgan fingerprint density at radius 2 is 1.83 bits per heavy atom. The molecule has 0 spiro atoms. The summed E-state index contributed by atoms with van der Waals surface area (Å²) in [6, 6.07) is 18.0. The maximum absolute atomic E-state index is 12.7. The minimum absolute atomic E-state index is 0.111. The minimum atomic E-state index is -0.568. The van der Waals surface area contributed by atoms with Crippen LogP contribution < -0.4 is 10.1 Å². The van der Waals surface area contributed by atoms with Gasteiger partial charge in [-0.05, 0) is 43.3 Å². The molecule has 0 aliphatic carbocycles. The van der Waals surface area contributed by atoms with Crippen LogP contribution in [0.15, 0.2) is 60.7 Å². The quantitative estimate of drug-likeness (QED) is 0.385.